The Balaban J connectivity index is 2.42. The number of methoxy groups -OCH3 is 1. The molecule has 4 nitrogen and oxygen atoms in total. The first-order chi connectivity index (χ1) is 7.85. The number of hydrogen-bond acceptors (Lipinski definition) is 4. The highest BCUT2D eigenvalue weighted by Gasteiger charge is 2.08. The van der Waals surface area contributed by atoms with E-state index in [0.717, 1.165) is 11.3 Å². The molecule has 0 saturated heterocycles. The Labute approximate surface area is 92.8 Å². The van der Waals surface area contributed by atoms with Gasteiger partial charge in [0.05, 0.1) is 12.7 Å². The van der Waals surface area contributed by atoms with Crippen molar-refractivity contribution in [2.75, 3.05) is 7.11 Å². The lowest BCUT2D eigenvalue weighted by Gasteiger charge is -2.04. The van der Waals surface area contributed by atoms with Crippen molar-refractivity contribution in [3.05, 3.63) is 42.2 Å². The Morgan fingerprint density at radius 1 is 1.25 bits per heavy atom. The molecule has 0 bridgehead atoms. The van der Waals surface area contributed by atoms with Crippen LogP contribution in [0, 0.1) is 0 Å². The quantitative estimate of drug-likeness (QED) is 0.488. The first kappa shape index (κ1) is 10.3. The lowest BCUT2D eigenvalue weighted by Crippen LogP contribution is -1.85. The van der Waals surface area contributed by atoms with Gasteiger partial charge in [-0.1, -0.05) is 17.3 Å². The molecule has 0 amide bonds. The molecule has 0 aliphatic rings. The third kappa shape index (κ3) is 1.91. The normalized spacial score (nSPS) is 10.8. The van der Waals surface area contributed by atoms with E-state index in [1.54, 1.807) is 19.2 Å². The van der Waals surface area contributed by atoms with Gasteiger partial charge in [0.2, 0.25) is 0 Å². The topological polar surface area (TPSA) is 55.0 Å². The smallest absolute Gasteiger partial charge is 0.149 e. The maximum absolute atomic E-state index is 8.39. The van der Waals surface area contributed by atoms with Crippen LogP contribution in [-0.4, -0.2) is 18.5 Å². The summed E-state index contributed by atoms with van der Waals surface area (Å²) in [5.74, 6) is 1.90. The van der Waals surface area contributed by atoms with Gasteiger partial charge in [0.15, 0.2) is 0 Å². The monoisotopic (exact) mass is 217 g/mol. The third-order valence-corrected chi connectivity index (χ3v) is 2.18. The molecule has 1 heterocycles. The van der Waals surface area contributed by atoms with Crippen molar-refractivity contribution in [2.24, 2.45) is 5.16 Å². The Morgan fingerprint density at radius 2 is 2.06 bits per heavy atom. The molecule has 4 heteroatoms. The largest absolute Gasteiger partial charge is 0.496 e. The van der Waals surface area contributed by atoms with Crippen molar-refractivity contribution in [3.63, 3.8) is 0 Å². The van der Waals surface area contributed by atoms with Gasteiger partial charge in [-0.2, -0.15) is 0 Å². The second kappa shape index (κ2) is 4.53. The van der Waals surface area contributed by atoms with Gasteiger partial charge in [-0.15, -0.1) is 0 Å². The van der Waals surface area contributed by atoms with Crippen LogP contribution >= 0.6 is 0 Å². The maximum atomic E-state index is 8.39. The zero-order valence-corrected chi connectivity index (χ0v) is 8.75. The highest BCUT2D eigenvalue weighted by molar-refractivity contribution is 5.77. The van der Waals surface area contributed by atoms with Crippen molar-refractivity contribution in [3.8, 4) is 17.1 Å². The van der Waals surface area contributed by atoms with E-state index >= 15 is 0 Å². The van der Waals surface area contributed by atoms with Gasteiger partial charge in [-0.3, -0.25) is 0 Å². The molecule has 0 aliphatic carbocycles. The van der Waals surface area contributed by atoms with E-state index in [9.17, 15) is 0 Å². The Bertz CT molecular complexity index is 502. The zero-order chi connectivity index (χ0) is 11.4. The predicted octanol–water partition coefficient (Wildman–Crippen LogP) is 2.76. The molecule has 0 fully saturated rings. The zero-order valence-electron chi connectivity index (χ0n) is 8.75. The van der Waals surface area contributed by atoms with Crippen molar-refractivity contribution < 1.29 is 14.4 Å². The average Bonchev–Trinajstić information content (AvgIpc) is 2.78. The first-order valence-corrected chi connectivity index (χ1v) is 4.76. The molecule has 2 rings (SSSR count). The lowest BCUT2D eigenvalue weighted by atomic mass is 10.1. The van der Waals surface area contributed by atoms with E-state index in [-0.39, 0.29) is 0 Å². The summed E-state index contributed by atoms with van der Waals surface area (Å²) >= 11 is 0. The second-order valence-corrected chi connectivity index (χ2v) is 3.15. The highest BCUT2D eigenvalue weighted by atomic mass is 16.5. The average molecular weight is 217 g/mol. The number of hydrogen-bond donors (Lipinski definition) is 1. The van der Waals surface area contributed by atoms with Crippen molar-refractivity contribution in [2.45, 2.75) is 0 Å². The SMILES string of the molecule is COc1ccccc1-c1ccc(C=NO)o1. The van der Waals surface area contributed by atoms with E-state index < -0.39 is 0 Å². The minimum atomic E-state index is 0.489. The van der Waals surface area contributed by atoms with E-state index in [4.69, 9.17) is 14.4 Å². The number of para-hydroxylation sites is 1. The first-order valence-electron chi connectivity index (χ1n) is 4.76. The van der Waals surface area contributed by atoms with Crippen LogP contribution in [0.2, 0.25) is 0 Å². The van der Waals surface area contributed by atoms with Crippen molar-refractivity contribution in [1.29, 1.82) is 0 Å². The molecule has 0 aliphatic heterocycles. The molecule has 82 valence electrons. The number of rotatable bonds is 3. The fourth-order valence-electron chi connectivity index (χ4n) is 1.47. The van der Waals surface area contributed by atoms with E-state index in [0.29, 0.717) is 11.5 Å². The van der Waals surface area contributed by atoms with Crippen LogP contribution in [-0.2, 0) is 0 Å². The van der Waals surface area contributed by atoms with E-state index in [1.165, 1.54) is 6.21 Å². The van der Waals surface area contributed by atoms with Crippen LogP contribution in [0.15, 0.2) is 46.0 Å². The fraction of sp³-hybridized carbons (Fsp3) is 0.0833. The standard InChI is InChI=1S/C12H11NO3/c1-15-11-5-3-2-4-10(11)12-7-6-9(16-12)8-13-14/h2-8,14H,1H3. The number of furan rings is 1. The molecule has 1 aromatic heterocycles. The van der Waals surface area contributed by atoms with Gasteiger partial charge in [-0.25, -0.2) is 0 Å². The van der Waals surface area contributed by atoms with Gasteiger partial charge >= 0.3 is 0 Å². The second-order valence-electron chi connectivity index (χ2n) is 3.15. The highest BCUT2D eigenvalue weighted by Crippen LogP contribution is 2.30. The molecular weight excluding hydrogens is 206 g/mol. The molecule has 2 aromatic rings. The number of benzene rings is 1. The van der Waals surface area contributed by atoms with Gasteiger partial charge < -0.3 is 14.4 Å². The van der Waals surface area contributed by atoms with Crippen LogP contribution in [0.3, 0.4) is 0 Å². The summed E-state index contributed by atoms with van der Waals surface area (Å²) in [4.78, 5) is 0. The van der Waals surface area contributed by atoms with Crippen molar-refractivity contribution >= 4 is 6.21 Å². The molecule has 0 radical (unpaired) electrons. The summed E-state index contributed by atoms with van der Waals surface area (Å²) in [5.41, 5.74) is 0.864. The molecule has 0 saturated carbocycles. The van der Waals surface area contributed by atoms with E-state index in [1.807, 2.05) is 24.3 Å². The van der Waals surface area contributed by atoms with Crippen LogP contribution in [0.5, 0.6) is 5.75 Å². The summed E-state index contributed by atoms with van der Waals surface area (Å²) in [6.45, 7) is 0. The minimum absolute atomic E-state index is 0.489. The maximum Gasteiger partial charge on any atom is 0.149 e. The number of oxime groups is 1. The Kier molecular flexibility index (Phi) is 2.91. The molecule has 16 heavy (non-hydrogen) atoms. The predicted molar refractivity (Wildman–Crippen MR) is 60.1 cm³/mol. The van der Waals surface area contributed by atoms with Gasteiger partial charge in [-0.05, 0) is 24.3 Å². The molecule has 1 N–H and O–H groups in total. The van der Waals surface area contributed by atoms with Crippen molar-refractivity contribution in [1.82, 2.24) is 0 Å². The summed E-state index contributed by atoms with van der Waals surface area (Å²) in [5, 5.41) is 11.3. The van der Waals surface area contributed by atoms with E-state index in [2.05, 4.69) is 5.16 Å². The van der Waals surface area contributed by atoms with Gasteiger partial charge in [0.25, 0.3) is 0 Å². The van der Waals surface area contributed by atoms with Gasteiger partial charge in [0.1, 0.15) is 23.5 Å². The summed E-state index contributed by atoms with van der Waals surface area (Å²) in [6, 6.07) is 11.1. The molecule has 0 unspecified atom stereocenters. The third-order valence-electron chi connectivity index (χ3n) is 2.18. The molecule has 0 spiro atoms. The lowest BCUT2D eigenvalue weighted by molar-refractivity contribution is 0.321. The molecular formula is C12H11NO3. The number of nitrogens with zero attached hydrogens (tertiary/aromatic N) is 1. The van der Waals surface area contributed by atoms with Gasteiger partial charge in [0, 0.05) is 0 Å². The minimum Gasteiger partial charge on any atom is -0.496 e. The van der Waals surface area contributed by atoms with Crippen LogP contribution in [0.25, 0.3) is 11.3 Å². The summed E-state index contributed by atoms with van der Waals surface area (Å²) in [6.07, 6.45) is 1.24. The van der Waals surface area contributed by atoms with Crippen LogP contribution in [0.4, 0.5) is 0 Å². The number of ether oxygens (including phenoxy) is 1. The fourth-order valence-corrected chi connectivity index (χ4v) is 1.47. The molecule has 1 aromatic carbocycles. The van der Waals surface area contributed by atoms with Crippen LogP contribution in [0.1, 0.15) is 5.76 Å². The Hall–Kier alpha value is -2.23. The summed E-state index contributed by atoms with van der Waals surface area (Å²) in [7, 11) is 1.61. The molecule has 0 atom stereocenters. The van der Waals surface area contributed by atoms with Crippen LogP contribution < -0.4 is 4.74 Å². The Morgan fingerprint density at radius 3 is 2.81 bits per heavy atom. The summed E-state index contributed by atoms with van der Waals surface area (Å²) < 4.78 is 10.7.